The number of amides is 1. The van der Waals surface area contributed by atoms with Crippen molar-refractivity contribution in [2.24, 2.45) is 0 Å². The minimum absolute atomic E-state index is 0.0743. The second-order valence-electron chi connectivity index (χ2n) is 4.86. The maximum absolute atomic E-state index is 11.7. The fourth-order valence-corrected chi connectivity index (χ4v) is 2.23. The second kappa shape index (κ2) is 7.75. The third-order valence-corrected chi connectivity index (χ3v) is 3.32. The summed E-state index contributed by atoms with van der Waals surface area (Å²) in [7, 11) is 1.63. The van der Waals surface area contributed by atoms with Crippen LogP contribution in [0.2, 0.25) is 0 Å². The molecule has 1 heterocycles. The number of ether oxygens (including phenoxy) is 2. The Morgan fingerprint density at radius 2 is 1.85 bits per heavy atom. The average Bonchev–Trinajstić information content (AvgIpc) is 2.97. The van der Waals surface area contributed by atoms with Gasteiger partial charge in [-0.15, -0.1) is 0 Å². The van der Waals surface area contributed by atoms with Crippen molar-refractivity contribution in [2.75, 3.05) is 39.9 Å². The summed E-state index contributed by atoms with van der Waals surface area (Å²) in [6.45, 7) is 3.57. The van der Waals surface area contributed by atoms with E-state index < -0.39 is 0 Å². The van der Waals surface area contributed by atoms with Gasteiger partial charge in [-0.1, -0.05) is 0 Å². The van der Waals surface area contributed by atoms with Crippen LogP contribution in [0.4, 0.5) is 0 Å². The monoisotopic (exact) mass is 278 g/mol. The number of rotatable bonds is 7. The second-order valence-corrected chi connectivity index (χ2v) is 4.86. The Balaban J connectivity index is 1.59. The third kappa shape index (κ3) is 4.74. The fraction of sp³-hybridized carbons (Fsp3) is 0.533. The number of hydrogen-bond donors (Lipinski definition) is 1. The summed E-state index contributed by atoms with van der Waals surface area (Å²) in [4.78, 5) is 13.8. The third-order valence-electron chi connectivity index (χ3n) is 3.32. The van der Waals surface area contributed by atoms with Gasteiger partial charge in [0.1, 0.15) is 18.1 Å². The smallest absolute Gasteiger partial charge is 0.234 e. The quantitative estimate of drug-likeness (QED) is 0.764. The van der Waals surface area contributed by atoms with Crippen LogP contribution in [0, 0.1) is 0 Å². The Labute approximate surface area is 119 Å². The van der Waals surface area contributed by atoms with Crippen LogP contribution in [-0.2, 0) is 4.79 Å². The molecule has 1 aromatic rings. The molecule has 1 aromatic carbocycles. The van der Waals surface area contributed by atoms with Crippen molar-refractivity contribution in [3.05, 3.63) is 24.3 Å². The molecular weight excluding hydrogens is 256 g/mol. The summed E-state index contributed by atoms with van der Waals surface area (Å²) in [6.07, 6.45) is 2.40. The molecule has 0 spiro atoms. The van der Waals surface area contributed by atoms with Gasteiger partial charge in [0, 0.05) is 0 Å². The number of methoxy groups -OCH3 is 1. The van der Waals surface area contributed by atoms with E-state index in [0.717, 1.165) is 24.6 Å². The summed E-state index contributed by atoms with van der Waals surface area (Å²) >= 11 is 0. The zero-order chi connectivity index (χ0) is 14.2. The Morgan fingerprint density at radius 3 is 2.50 bits per heavy atom. The number of carbonyl (C=O) groups is 1. The van der Waals surface area contributed by atoms with Crippen molar-refractivity contribution in [3.63, 3.8) is 0 Å². The lowest BCUT2D eigenvalue weighted by atomic mass is 10.3. The average molecular weight is 278 g/mol. The lowest BCUT2D eigenvalue weighted by Crippen LogP contribution is -2.37. The number of benzene rings is 1. The van der Waals surface area contributed by atoms with Crippen molar-refractivity contribution in [2.45, 2.75) is 12.8 Å². The molecule has 5 nitrogen and oxygen atoms in total. The van der Waals surface area contributed by atoms with E-state index in [1.807, 2.05) is 24.3 Å². The highest BCUT2D eigenvalue weighted by Gasteiger charge is 2.14. The van der Waals surface area contributed by atoms with Crippen LogP contribution in [0.3, 0.4) is 0 Å². The van der Waals surface area contributed by atoms with Crippen LogP contribution in [-0.4, -0.2) is 50.7 Å². The summed E-state index contributed by atoms with van der Waals surface area (Å²) in [5, 5.41) is 2.87. The van der Waals surface area contributed by atoms with Gasteiger partial charge in [0.15, 0.2) is 0 Å². The predicted octanol–water partition coefficient (Wildman–Crippen LogP) is 1.29. The Hall–Kier alpha value is -1.75. The minimum atomic E-state index is 0.0743. The standard InChI is InChI=1S/C15H22N2O3/c1-19-13-4-6-14(7-5-13)20-11-8-16-15(18)12-17-9-2-3-10-17/h4-7H,2-3,8-12H2,1H3,(H,16,18). The first-order valence-corrected chi connectivity index (χ1v) is 7.04. The van der Waals surface area contributed by atoms with Gasteiger partial charge >= 0.3 is 0 Å². The van der Waals surface area contributed by atoms with Crippen LogP contribution < -0.4 is 14.8 Å². The molecule has 0 radical (unpaired) electrons. The summed E-state index contributed by atoms with van der Waals surface area (Å²) in [6, 6.07) is 7.40. The fourth-order valence-electron chi connectivity index (χ4n) is 2.23. The van der Waals surface area contributed by atoms with Crippen LogP contribution >= 0.6 is 0 Å². The molecule has 1 N–H and O–H groups in total. The SMILES string of the molecule is COc1ccc(OCCNC(=O)CN2CCCC2)cc1. The highest BCUT2D eigenvalue weighted by molar-refractivity contribution is 5.78. The molecule has 0 bridgehead atoms. The molecule has 0 saturated carbocycles. The van der Waals surface area contributed by atoms with Gasteiger partial charge < -0.3 is 14.8 Å². The van der Waals surface area contributed by atoms with Gasteiger partial charge in [0.25, 0.3) is 0 Å². The molecule has 1 aliphatic heterocycles. The van der Waals surface area contributed by atoms with Crippen molar-refractivity contribution >= 4 is 5.91 Å². The van der Waals surface area contributed by atoms with Crippen LogP contribution in [0.25, 0.3) is 0 Å². The Bertz CT molecular complexity index is 414. The molecule has 0 unspecified atom stereocenters. The van der Waals surface area contributed by atoms with Crippen LogP contribution in [0.15, 0.2) is 24.3 Å². The summed E-state index contributed by atoms with van der Waals surface area (Å²) in [5.41, 5.74) is 0. The molecule has 1 aliphatic rings. The molecule has 1 amide bonds. The number of nitrogens with zero attached hydrogens (tertiary/aromatic N) is 1. The minimum Gasteiger partial charge on any atom is -0.497 e. The molecule has 1 saturated heterocycles. The number of nitrogens with one attached hydrogen (secondary N) is 1. The van der Waals surface area contributed by atoms with E-state index in [4.69, 9.17) is 9.47 Å². The van der Waals surface area contributed by atoms with Crippen molar-refractivity contribution < 1.29 is 14.3 Å². The van der Waals surface area contributed by atoms with E-state index in [9.17, 15) is 4.79 Å². The molecule has 5 heteroatoms. The topological polar surface area (TPSA) is 50.8 Å². The number of likely N-dealkylation sites (tertiary alicyclic amines) is 1. The molecule has 0 atom stereocenters. The first-order valence-electron chi connectivity index (χ1n) is 7.04. The van der Waals surface area contributed by atoms with Gasteiger partial charge in [0.2, 0.25) is 5.91 Å². The zero-order valence-electron chi connectivity index (χ0n) is 11.9. The number of carbonyl (C=O) groups excluding carboxylic acids is 1. The van der Waals surface area contributed by atoms with E-state index in [1.54, 1.807) is 7.11 Å². The first kappa shape index (κ1) is 14.7. The predicted molar refractivity (Wildman–Crippen MR) is 77.2 cm³/mol. The van der Waals surface area contributed by atoms with Crippen LogP contribution in [0.1, 0.15) is 12.8 Å². The Kier molecular flexibility index (Phi) is 5.68. The summed E-state index contributed by atoms with van der Waals surface area (Å²) < 4.78 is 10.6. The highest BCUT2D eigenvalue weighted by atomic mass is 16.5. The van der Waals surface area contributed by atoms with Gasteiger partial charge in [-0.05, 0) is 50.2 Å². The maximum atomic E-state index is 11.7. The normalized spacial score (nSPS) is 15.1. The summed E-state index contributed by atoms with van der Waals surface area (Å²) in [5.74, 6) is 1.65. The van der Waals surface area contributed by atoms with Gasteiger partial charge in [-0.3, -0.25) is 9.69 Å². The molecular formula is C15H22N2O3. The Morgan fingerprint density at radius 1 is 1.20 bits per heavy atom. The molecule has 110 valence electrons. The van der Waals surface area contributed by atoms with Crippen LogP contribution in [0.5, 0.6) is 11.5 Å². The molecule has 20 heavy (non-hydrogen) atoms. The molecule has 0 aliphatic carbocycles. The van der Waals surface area contributed by atoms with E-state index in [1.165, 1.54) is 12.8 Å². The lowest BCUT2D eigenvalue weighted by molar-refractivity contribution is -0.122. The van der Waals surface area contributed by atoms with E-state index in [0.29, 0.717) is 19.7 Å². The molecule has 2 rings (SSSR count). The lowest BCUT2D eigenvalue weighted by Gasteiger charge is -2.14. The maximum Gasteiger partial charge on any atom is 0.234 e. The van der Waals surface area contributed by atoms with Gasteiger partial charge in [-0.25, -0.2) is 0 Å². The highest BCUT2D eigenvalue weighted by Crippen LogP contribution is 2.16. The largest absolute Gasteiger partial charge is 0.497 e. The number of hydrogen-bond acceptors (Lipinski definition) is 4. The van der Waals surface area contributed by atoms with E-state index in [-0.39, 0.29) is 5.91 Å². The molecule has 0 aromatic heterocycles. The van der Waals surface area contributed by atoms with Crippen molar-refractivity contribution in [1.82, 2.24) is 10.2 Å². The van der Waals surface area contributed by atoms with E-state index in [2.05, 4.69) is 10.2 Å². The van der Waals surface area contributed by atoms with E-state index >= 15 is 0 Å². The van der Waals surface area contributed by atoms with Crippen molar-refractivity contribution in [1.29, 1.82) is 0 Å². The molecule has 1 fully saturated rings. The van der Waals surface area contributed by atoms with Gasteiger partial charge in [0.05, 0.1) is 20.2 Å². The first-order chi connectivity index (χ1) is 9.78. The van der Waals surface area contributed by atoms with Gasteiger partial charge in [-0.2, -0.15) is 0 Å². The van der Waals surface area contributed by atoms with Crippen molar-refractivity contribution in [3.8, 4) is 11.5 Å². The zero-order valence-corrected chi connectivity index (χ0v) is 11.9.